The van der Waals surface area contributed by atoms with Crippen molar-refractivity contribution >= 4 is 21.6 Å². The number of ether oxygens (including phenoxy) is 1. The van der Waals surface area contributed by atoms with E-state index < -0.39 is 21.2 Å². The Kier molecular flexibility index (Phi) is 7.15. The molecule has 5 atom stereocenters. The van der Waals surface area contributed by atoms with Crippen LogP contribution >= 0.6 is 0 Å². The number of carbonyl (C=O) groups excluding carboxylic acids is 1. The van der Waals surface area contributed by atoms with Crippen LogP contribution in [0.1, 0.15) is 86.7 Å². The summed E-state index contributed by atoms with van der Waals surface area (Å²) in [6.45, 7) is 6.11. The zero-order valence-corrected chi connectivity index (χ0v) is 24.1. The van der Waals surface area contributed by atoms with E-state index in [0.717, 1.165) is 63.1 Å². The first kappa shape index (κ1) is 26.7. The molecule has 2 heterocycles. The van der Waals surface area contributed by atoms with Gasteiger partial charge in [-0.2, -0.15) is 0 Å². The maximum Gasteiger partial charge on any atom is 0.264 e. The lowest BCUT2D eigenvalue weighted by Crippen LogP contribution is -2.48. The van der Waals surface area contributed by atoms with Gasteiger partial charge in [-0.3, -0.25) is 4.79 Å². The van der Waals surface area contributed by atoms with Gasteiger partial charge in [-0.15, -0.1) is 0 Å². The van der Waals surface area contributed by atoms with Gasteiger partial charge in [0.1, 0.15) is 5.75 Å². The lowest BCUT2D eigenvalue weighted by atomic mass is 9.68. The zero-order valence-electron chi connectivity index (χ0n) is 23.3. The Morgan fingerprint density at radius 1 is 0.974 bits per heavy atom. The van der Waals surface area contributed by atoms with E-state index >= 15 is 0 Å². The van der Waals surface area contributed by atoms with Crippen molar-refractivity contribution in [1.82, 2.24) is 4.72 Å². The van der Waals surface area contributed by atoms with Crippen molar-refractivity contribution in [2.75, 3.05) is 24.6 Å². The maximum atomic E-state index is 13.3. The largest absolute Gasteiger partial charge is 0.490 e. The predicted molar refractivity (Wildman–Crippen MR) is 155 cm³/mol. The number of anilines is 1. The van der Waals surface area contributed by atoms with Crippen LogP contribution < -0.4 is 14.4 Å². The molecule has 1 fully saturated rings. The highest BCUT2D eigenvalue weighted by molar-refractivity contribution is 7.90. The van der Waals surface area contributed by atoms with Crippen LogP contribution in [-0.2, 0) is 21.9 Å². The molecule has 5 unspecified atom stereocenters. The highest BCUT2D eigenvalue weighted by atomic mass is 32.2. The molecule has 2 aliphatic heterocycles. The van der Waals surface area contributed by atoms with Crippen LogP contribution in [0.3, 0.4) is 0 Å². The van der Waals surface area contributed by atoms with Crippen LogP contribution in [0.2, 0.25) is 0 Å². The second kappa shape index (κ2) is 10.5. The first-order valence-electron chi connectivity index (χ1n) is 14.9. The van der Waals surface area contributed by atoms with E-state index in [-0.39, 0.29) is 11.3 Å². The number of carbonyl (C=O) groups is 1. The van der Waals surface area contributed by atoms with Gasteiger partial charge in [0.2, 0.25) is 10.0 Å². The molecule has 210 valence electrons. The summed E-state index contributed by atoms with van der Waals surface area (Å²) < 4.78 is 35.2. The van der Waals surface area contributed by atoms with Crippen molar-refractivity contribution in [3.05, 3.63) is 59.2 Å². The second-order valence-corrected chi connectivity index (χ2v) is 14.7. The van der Waals surface area contributed by atoms with Crippen LogP contribution in [0.5, 0.6) is 5.75 Å². The second-order valence-electron chi connectivity index (χ2n) is 12.7. The van der Waals surface area contributed by atoms with Gasteiger partial charge in [0.05, 0.1) is 17.5 Å². The minimum Gasteiger partial charge on any atom is -0.490 e. The van der Waals surface area contributed by atoms with Crippen molar-refractivity contribution in [2.45, 2.75) is 82.3 Å². The molecule has 2 aromatic carbocycles. The van der Waals surface area contributed by atoms with Gasteiger partial charge in [0.15, 0.2) is 0 Å². The van der Waals surface area contributed by atoms with Crippen molar-refractivity contribution in [3.8, 4) is 5.75 Å². The Labute approximate surface area is 233 Å². The molecule has 1 amide bonds. The summed E-state index contributed by atoms with van der Waals surface area (Å²) in [5.74, 6) is 1.56. The predicted octanol–water partition coefficient (Wildman–Crippen LogP) is 5.84. The lowest BCUT2D eigenvalue weighted by Gasteiger charge is -2.44. The summed E-state index contributed by atoms with van der Waals surface area (Å²) in [7, 11) is -3.79. The molecule has 1 N–H and O–H groups in total. The normalized spacial score (nSPS) is 32.6. The Morgan fingerprint density at radius 2 is 1.77 bits per heavy atom. The van der Waals surface area contributed by atoms with Crippen LogP contribution in [0.15, 0.2) is 42.5 Å². The summed E-state index contributed by atoms with van der Waals surface area (Å²) in [5, 5.41) is -0.627. The number of sulfonamides is 1. The number of aryl methyl sites for hydroxylation is 1. The van der Waals surface area contributed by atoms with Crippen molar-refractivity contribution in [2.24, 2.45) is 17.8 Å². The first-order valence-corrected chi connectivity index (χ1v) is 16.5. The van der Waals surface area contributed by atoms with E-state index in [1.807, 2.05) is 19.1 Å². The molecule has 0 radical (unpaired) electrons. The molecule has 6 rings (SSSR count). The number of nitrogens with zero attached hydrogens (tertiary/aromatic N) is 1. The first-order chi connectivity index (χ1) is 18.8. The van der Waals surface area contributed by atoms with E-state index in [0.29, 0.717) is 24.0 Å². The van der Waals surface area contributed by atoms with Gasteiger partial charge in [-0.1, -0.05) is 50.5 Å². The van der Waals surface area contributed by atoms with E-state index in [4.69, 9.17) is 4.74 Å². The molecule has 1 saturated carbocycles. The van der Waals surface area contributed by atoms with Crippen molar-refractivity contribution in [3.63, 3.8) is 0 Å². The van der Waals surface area contributed by atoms with Gasteiger partial charge >= 0.3 is 0 Å². The average molecular weight is 551 g/mol. The molecule has 4 aliphatic rings. The Balaban J connectivity index is 1.39. The number of fused-ring (bicyclic) bond motifs is 4. The van der Waals surface area contributed by atoms with E-state index in [1.165, 1.54) is 30.4 Å². The van der Waals surface area contributed by atoms with Gasteiger partial charge in [0, 0.05) is 24.1 Å². The lowest BCUT2D eigenvalue weighted by molar-refractivity contribution is 0.0980. The van der Waals surface area contributed by atoms with Crippen LogP contribution in [0.4, 0.5) is 5.69 Å². The molecular weight excluding hydrogens is 508 g/mol. The summed E-state index contributed by atoms with van der Waals surface area (Å²) in [6, 6.07) is 14.3. The SMILES string of the molecule is CC1CCCCC2CCC2CN2CC3(CCCc4ccccc43)COc3ccc(cc32)C(=O)NS(=O)(=O)C1C. The average Bonchev–Trinajstić information content (AvgIpc) is 3.07. The van der Waals surface area contributed by atoms with Crippen molar-refractivity contribution in [1.29, 1.82) is 0 Å². The van der Waals surface area contributed by atoms with E-state index in [2.05, 4.69) is 33.9 Å². The quantitative estimate of drug-likeness (QED) is 0.446. The zero-order chi connectivity index (χ0) is 27.2. The molecule has 1 spiro atoms. The fourth-order valence-electron chi connectivity index (χ4n) is 7.46. The fraction of sp³-hybridized carbons (Fsp3) is 0.594. The fourth-order valence-corrected chi connectivity index (χ4v) is 8.77. The topological polar surface area (TPSA) is 75.7 Å². The number of amides is 1. The van der Waals surface area contributed by atoms with E-state index in [1.54, 1.807) is 13.0 Å². The van der Waals surface area contributed by atoms with Crippen LogP contribution in [0.25, 0.3) is 0 Å². The summed E-state index contributed by atoms with van der Waals surface area (Å²) in [5.41, 5.74) is 3.99. The molecule has 2 bridgehead atoms. The Hall–Kier alpha value is -2.54. The third-order valence-corrected chi connectivity index (χ3v) is 12.2. The Bertz CT molecular complexity index is 1340. The minimum atomic E-state index is -3.79. The summed E-state index contributed by atoms with van der Waals surface area (Å²) >= 11 is 0. The molecular formula is C32H42N2O4S. The number of hydrogen-bond donors (Lipinski definition) is 1. The molecule has 39 heavy (non-hydrogen) atoms. The van der Waals surface area contributed by atoms with Gasteiger partial charge in [-0.05, 0) is 92.5 Å². The van der Waals surface area contributed by atoms with E-state index in [9.17, 15) is 13.2 Å². The minimum absolute atomic E-state index is 0.00843. The van der Waals surface area contributed by atoms with Crippen LogP contribution in [-0.4, -0.2) is 39.3 Å². The molecule has 0 saturated heterocycles. The number of hydrogen-bond acceptors (Lipinski definition) is 5. The van der Waals surface area contributed by atoms with Crippen molar-refractivity contribution < 1.29 is 17.9 Å². The maximum absolute atomic E-state index is 13.3. The van der Waals surface area contributed by atoms with Gasteiger partial charge in [-0.25, -0.2) is 13.1 Å². The monoisotopic (exact) mass is 550 g/mol. The van der Waals surface area contributed by atoms with Gasteiger partial charge in [0.25, 0.3) is 5.91 Å². The molecule has 6 nitrogen and oxygen atoms in total. The molecule has 0 aromatic heterocycles. The number of benzene rings is 2. The smallest absolute Gasteiger partial charge is 0.264 e. The number of nitrogens with one attached hydrogen (secondary N) is 1. The highest BCUT2D eigenvalue weighted by Gasteiger charge is 2.43. The highest BCUT2D eigenvalue weighted by Crippen LogP contribution is 2.46. The van der Waals surface area contributed by atoms with Crippen LogP contribution in [0, 0.1) is 17.8 Å². The standard InChI is InChI=1S/C32H42N2O4S/c1-22-8-3-4-9-24-13-14-27(24)19-34-20-32(17-7-11-25-10-5-6-12-28(25)32)21-38-30-16-15-26(18-29(30)34)31(35)33-39(36,37)23(22)2/h5-6,10,12,15-16,18,22-24,27H,3-4,7-9,11,13-14,17,19-21H2,1-2H3,(H,33,35). The Morgan fingerprint density at radius 3 is 2.59 bits per heavy atom. The summed E-state index contributed by atoms with van der Waals surface area (Å²) in [4.78, 5) is 15.8. The summed E-state index contributed by atoms with van der Waals surface area (Å²) in [6.07, 6.45) is 10.1. The third kappa shape index (κ3) is 5.07. The molecule has 2 aromatic rings. The third-order valence-electron chi connectivity index (χ3n) is 10.3. The van der Waals surface area contributed by atoms with Gasteiger partial charge < -0.3 is 9.64 Å². The molecule has 2 aliphatic carbocycles. The number of rotatable bonds is 0. The molecule has 7 heteroatoms.